The fourth-order valence-electron chi connectivity index (χ4n) is 2.37. The number of rotatable bonds is 1. The van der Waals surface area contributed by atoms with Crippen molar-refractivity contribution >= 4 is 10.8 Å². The summed E-state index contributed by atoms with van der Waals surface area (Å²) in [5.74, 6) is 0.456. The molecule has 0 radical (unpaired) electrons. The van der Waals surface area contributed by atoms with E-state index in [0.29, 0.717) is 5.92 Å². The zero-order valence-electron chi connectivity index (χ0n) is 8.99. The molecule has 2 N–H and O–H groups in total. The van der Waals surface area contributed by atoms with Crippen LogP contribution in [0.25, 0.3) is 10.8 Å². The monoisotopic (exact) mass is 214 g/mol. The van der Waals surface area contributed by atoms with Gasteiger partial charge in [-0.3, -0.25) is 4.79 Å². The summed E-state index contributed by atoms with van der Waals surface area (Å²) >= 11 is 0. The fourth-order valence-corrected chi connectivity index (χ4v) is 2.37. The van der Waals surface area contributed by atoms with Gasteiger partial charge in [0.15, 0.2) is 0 Å². The second-order valence-electron chi connectivity index (χ2n) is 4.33. The molecule has 1 fully saturated rings. The van der Waals surface area contributed by atoms with Crippen LogP contribution in [0, 0.1) is 0 Å². The third-order valence-electron chi connectivity index (χ3n) is 3.27. The molecule has 2 aromatic rings. The lowest BCUT2D eigenvalue weighted by Crippen LogP contribution is -2.14. The molecular weight excluding hydrogens is 200 g/mol. The van der Waals surface area contributed by atoms with E-state index < -0.39 is 0 Å². The smallest absolute Gasteiger partial charge is 0.256 e. The van der Waals surface area contributed by atoms with Gasteiger partial charge in [0.25, 0.3) is 5.56 Å². The molecular formula is C13H14N2O. The Morgan fingerprint density at radius 1 is 1.25 bits per heavy atom. The standard InChI is InChI=1S/C13H14N2O/c16-13-11-4-2-1-3-9(11)7-12(15-13)10-5-6-14-8-10/h1-4,7,10,14H,5-6,8H2,(H,15,16)/t10-/m0/s1. The fraction of sp³-hybridized carbons (Fsp3) is 0.308. The largest absolute Gasteiger partial charge is 0.325 e. The van der Waals surface area contributed by atoms with Crippen LogP contribution >= 0.6 is 0 Å². The summed E-state index contributed by atoms with van der Waals surface area (Å²) in [6.07, 6.45) is 1.11. The molecule has 0 amide bonds. The van der Waals surface area contributed by atoms with Crippen LogP contribution in [0.5, 0.6) is 0 Å². The topological polar surface area (TPSA) is 44.9 Å². The van der Waals surface area contributed by atoms with Crippen LogP contribution in [-0.4, -0.2) is 18.1 Å². The molecule has 2 heterocycles. The summed E-state index contributed by atoms with van der Waals surface area (Å²) in [5.41, 5.74) is 1.09. The van der Waals surface area contributed by atoms with Crippen molar-refractivity contribution in [3.8, 4) is 0 Å². The Bertz CT molecular complexity index is 567. The number of nitrogens with one attached hydrogen (secondary N) is 2. The minimum absolute atomic E-state index is 0.0278. The quantitative estimate of drug-likeness (QED) is 0.757. The van der Waals surface area contributed by atoms with Crippen LogP contribution in [-0.2, 0) is 0 Å². The maximum Gasteiger partial charge on any atom is 0.256 e. The van der Waals surface area contributed by atoms with Gasteiger partial charge < -0.3 is 10.3 Å². The van der Waals surface area contributed by atoms with E-state index >= 15 is 0 Å². The summed E-state index contributed by atoms with van der Waals surface area (Å²) in [6, 6.07) is 9.84. The molecule has 1 aliphatic heterocycles. The molecule has 1 aromatic heterocycles. The number of H-pyrrole nitrogens is 1. The maximum absolute atomic E-state index is 11.9. The minimum atomic E-state index is 0.0278. The van der Waals surface area contributed by atoms with E-state index in [9.17, 15) is 4.79 Å². The molecule has 3 nitrogen and oxygen atoms in total. The van der Waals surface area contributed by atoms with Crippen molar-refractivity contribution in [2.75, 3.05) is 13.1 Å². The van der Waals surface area contributed by atoms with Crippen LogP contribution in [0.15, 0.2) is 35.1 Å². The highest BCUT2D eigenvalue weighted by molar-refractivity contribution is 5.81. The van der Waals surface area contributed by atoms with Crippen molar-refractivity contribution in [3.05, 3.63) is 46.4 Å². The molecule has 16 heavy (non-hydrogen) atoms. The lowest BCUT2D eigenvalue weighted by Gasteiger charge is -2.09. The minimum Gasteiger partial charge on any atom is -0.325 e. The average Bonchev–Trinajstić information content (AvgIpc) is 2.82. The summed E-state index contributed by atoms with van der Waals surface area (Å²) in [7, 11) is 0. The molecule has 0 spiro atoms. The number of benzene rings is 1. The summed E-state index contributed by atoms with van der Waals surface area (Å²) < 4.78 is 0. The van der Waals surface area contributed by atoms with Gasteiger partial charge in [-0.05, 0) is 30.5 Å². The first kappa shape index (κ1) is 9.60. The van der Waals surface area contributed by atoms with Gasteiger partial charge in [0.2, 0.25) is 0 Å². The van der Waals surface area contributed by atoms with Crippen LogP contribution in [0.4, 0.5) is 0 Å². The average molecular weight is 214 g/mol. The van der Waals surface area contributed by atoms with Gasteiger partial charge in [0.1, 0.15) is 0 Å². The van der Waals surface area contributed by atoms with Gasteiger partial charge in [-0.2, -0.15) is 0 Å². The van der Waals surface area contributed by atoms with E-state index in [-0.39, 0.29) is 5.56 Å². The van der Waals surface area contributed by atoms with Crippen molar-refractivity contribution in [1.29, 1.82) is 0 Å². The van der Waals surface area contributed by atoms with E-state index in [1.54, 1.807) is 0 Å². The van der Waals surface area contributed by atoms with Crippen LogP contribution in [0.3, 0.4) is 0 Å². The number of aromatic nitrogens is 1. The Hall–Kier alpha value is -1.61. The number of pyridine rings is 1. The Balaban J connectivity index is 2.17. The van der Waals surface area contributed by atoms with Crippen LogP contribution in [0.1, 0.15) is 18.0 Å². The highest BCUT2D eigenvalue weighted by Gasteiger charge is 2.17. The van der Waals surface area contributed by atoms with Gasteiger partial charge in [0, 0.05) is 23.5 Å². The second-order valence-corrected chi connectivity index (χ2v) is 4.33. The van der Waals surface area contributed by atoms with E-state index in [0.717, 1.165) is 36.0 Å². The van der Waals surface area contributed by atoms with Crippen LogP contribution < -0.4 is 10.9 Å². The lowest BCUT2D eigenvalue weighted by atomic mass is 10.0. The molecule has 0 aliphatic carbocycles. The summed E-state index contributed by atoms with van der Waals surface area (Å²) in [5, 5.41) is 5.13. The molecule has 1 saturated heterocycles. The van der Waals surface area contributed by atoms with E-state index in [2.05, 4.69) is 16.4 Å². The van der Waals surface area contributed by atoms with Gasteiger partial charge >= 0.3 is 0 Å². The molecule has 3 heteroatoms. The van der Waals surface area contributed by atoms with Crippen molar-refractivity contribution in [2.45, 2.75) is 12.3 Å². The van der Waals surface area contributed by atoms with E-state index in [1.807, 2.05) is 24.3 Å². The number of hydrogen-bond donors (Lipinski definition) is 2. The summed E-state index contributed by atoms with van der Waals surface area (Å²) in [6.45, 7) is 2.01. The zero-order chi connectivity index (χ0) is 11.0. The molecule has 82 valence electrons. The van der Waals surface area contributed by atoms with Crippen molar-refractivity contribution in [3.63, 3.8) is 0 Å². The van der Waals surface area contributed by atoms with Crippen molar-refractivity contribution in [2.24, 2.45) is 0 Å². The predicted molar refractivity (Wildman–Crippen MR) is 64.8 cm³/mol. The van der Waals surface area contributed by atoms with Gasteiger partial charge in [0.05, 0.1) is 0 Å². The summed E-state index contributed by atoms with van der Waals surface area (Å²) in [4.78, 5) is 14.9. The second kappa shape index (κ2) is 3.76. The Morgan fingerprint density at radius 2 is 2.12 bits per heavy atom. The lowest BCUT2D eigenvalue weighted by molar-refractivity contribution is 0.734. The molecule has 1 atom stereocenters. The Kier molecular flexibility index (Phi) is 2.26. The maximum atomic E-state index is 11.9. The van der Waals surface area contributed by atoms with E-state index in [1.165, 1.54) is 0 Å². The normalized spacial score (nSPS) is 20.4. The van der Waals surface area contributed by atoms with E-state index in [4.69, 9.17) is 0 Å². The Labute approximate surface area is 93.5 Å². The third kappa shape index (κ3) is 1.53. The highest BCUT2D eigenvalue weighted by atomic mass is 16.1. The predicted octanol–water partition coefficient (Wildman–Crippen LogP) is 1.60. The number of hydrogen-bond acceptors (Lipinski definition) is 2. The van der Waals surface area contributed by atoms with Crippen molar-refractivity contribution < 1.29 is 0 Å². The molecule has 0 unspecified atom stereocenters. The van der Waals surface area contributed by atoms with Gasteiger partial charge in [-0.1, -0.05) is 18.2 Å². The van der Waals surface area contributed by atoms with Crippen LogP contribution in [0.2, 0.25) is 0 Å². The first-order valence-corrected chi connectivity index (χ1v) is 5.67. The SMILES string of the molecule is O=c1[nH]c([C@H]2CCNC2)cc2ccccc12. The number of fused-ring (bicyclic) bond motifs is 1. The number of aromatic amines is 1. The molecule has 1 aliphatic rings. The van der Waals surface area contributed by atoms with Crippen molar-refractivity contribution in [1.82, 2.24) is 10.3 Å². The molecule has 1 aromatic carbocycles. The molecule has 0 bridgehead atoms. The zero-order valence-corrected chi connectivity index (χ0v) is 8.99. The first-order chi connectivity index (χ1) is 7.84. The van der Waals surface area contributed by atoms with Gasteiger partial charge in [-0.25, -0.2) is 0 Å². The third-order valence-corrected chi connectivity index (χ3v) is 3.27. The Morgan fingerprint density at radius 3 is 2.94 bits per heavy atom. The first-order valence-electron chi connectivity index (χ1n) is 5.67. The highest BCUT2D eigenvalue weighted by Crippen LogP contribution is 2.21. The molecule has 0 saturated carbocycles. The molecule has 3 rings (SSSR count). The van der Waals surface area contributed by atoms with Gasteiger partial charge in [-0.15, -0.1) is 0 Å².